The van der Waals surface area contributed by atoms with Crippen molar-refractivity contribution in [2.45, 2.75) is 30.6 Å². The molecular weight excluding hydrogens is 300 g/mol. The Morgan fingerprint density at radius 1 is 0.864 bits per heavy atom. The molecule has 0 fully saturated rings. The Bertz CT molecular complexity index is 784. The Balaban J connectivity index is 2.76. The highest BCUT2D eigenvalue weighted by molar-refractivity contribution is 7.91. The van der Waals surface area contributed by atoms with Gasteiger partial charge in [-0.1, -0.05) is 17.7 Å². The summed E-state index contributed by atoms with van der Waals surface area (Å²) in [6, 6.07) is 8.50. The third-order valence-electron chi connectivity index (χ3n) is 3.53. The summed E-state index contributed by atoms with van der Waals surface area (Å²) in [7, 11) is -0.743. The van der Waals surface area contributed by atoms with Crippen molar-refractivity contribution < 1.29 is 17.9 Å². The lowest BCUT2D eigenvalue weighted by Gasteiger charge is -2.15. The minimum atomic E-state index is -3.70. The fourth-order valence-electron chi connectivity index (χ4n) is 2.69. The van der Waals surface area contributed by atoms with Gasteiger partial charge in [-0.25, -0.2) is 8.42 Å². The Morgan fingerprint density at radius 3 is 1.95 bits per heavy atom. The number of sulfone groups is 1. The van der Waals surface area contributed by atoms with Gasteiger partial charge in [-0.2, -0.15) is 0 Å². The van der Waals surface area contributed by atoms with E-state index in [1.54, 1.807) is 26.0 Å². The number of methoxy groups -OCH3 is 2. The fraction of sp³-hybridized carbons (Fsp3) is 0.294. The highest BCUT2D eigenvalue weighted by Crippen LogP contribution is 2.35. The summed E-state index contributed by atoms with van der Waals surface area (Å²) in [5, 5.41) is 0. The SMILES string of the molecule is COc1ccc(OC)c(S(=O)(=O)c2c(C)cc(C)cc2C)c1. The third-order valence-corrected chi connectivity index (χ3v) is 5.61. The first kappa shape index (κ1) is 16.4. The van der Waals surface area contributed by atoms with Crippen LogP contribution in [0.15, 0.2) is 40.1 Å². The fourth-order valence-corrected chi connectivity index (χ4v) is 4.57. The first-order valence-electron chi connectivity index (χ1n) is 6.86. The predicted octanol–water partition coefficient (Wildman–Crippen LogP) is 3.46. The molecule has 0 saturated heterocycles. The van der Waals surface area contributed by atoms with Gasteiger partial charge in [-0.3, -0.25) is 0 Å². The normalized spacial score (nSPS) is 11.3. The molecule has 118 valence electrons. The molecule has 5 heteroatoms. The quantitative estimate of drug-likeness (QED) is 0.865. The van der Waals surface area contributed by atoms with E-state index in [4.69, 9.17) is 9.47 Å². The molecule has 2 aromatic rings. The average Bonchev–Trinajstić information content (AvgIpc) is 2.45. The third kappa shape index (κ3) is 2.81. The van der Waals surface area contributed by atoms with Gasteiger partial charge in [0.25, 0.3) is 0 Å². The zero-order valence-electron chi connectivity index (χ0n) is 13.4. The summed E-state index contributed by atoms with van der Waals surface area (Å²) in [6.45, 7) is 5.56. The molecular formula is C17H20O4S. The molecule has 0 amide bonds. The van der Waals surface area contributed by atoms with Crippen molar-refractivity contribution >= 4 is 9.84 Å². The largest absolute Gasteiger partial charge is 0.497 e. The Morgan fingerprint density at radius 2 is 1.45 bits per heavy atom. The van der Waals surface area contributed by atoms with Crippen LogP contribution in [-0.2, 0) is 9.84 Å². The van der Waals surface area contributed by atoms with Crippen LogP contribution in [0.5, 0.6) is 11.5 Å². The molecule has 22 heavy (non-hydrogen) atoms. The van der Waals surface area contributed by atoms with Crippen LogP contribution in [0.1, 0.15) is 16.7 Å². The van der Waals surface area contributed by atoms with Crippen LogP contribution in [0, 0.1) is 20.8 Å². The van der Waals surface area contributed by atoms with Crippen LogP contribution >= 0.6 is 0 Å². The van der Waals surface area contributed by atoms with E-state index in [-0.39, 0.29) is 4.90 Å². The number of rotatable bonds is 4. The molecule has 0 aliphatic rings. The van der Waals surface area contributed by atoms with Crippen LogP contribution in [0.25, 0.3) is 0 Å². The lowest BCUT2D eigenvalue weighted by Crippen LogP contribution is -2.09. The Hall–Kier alpha value is -2.01. The minimum Gasteiger partial charge on any atom is -0.497 e. The molecule has 0 unspecified atom stereocenters. The lowest BCUT2D eigenvalue weighted by molar-refractivity contribution is 0.392. The van der Waals surface area contributed by atoms with E-state index in [2.05, 4.69) is 0 Å². The smallest absolute Gasteiger partial charge is 0.210 e. The van der Waals surface area contributed by atoms with Crippen molar-refractivity contribution in [1.29, 1.82) is 0 Å². The van der Waals surface area contributed by atoms with Crippen molar-refractivity contribution in [3.05, 3.63) is 47.0 Å². The first-order valence-corrected chi connectivity index (χ1v) is 8.34. The van der Waals surface area contributed by atoms with Crippen LogP contribution in [0.3, 0.4) is 0 Å². The maximum absolute atomic E-state index is 13.1. The molecule has 0 aliphatic heterocycles. The van der Waals surface area contributed by atoms with E-state index in [1.165, 1.54) is 20.3 Å². The number of hydrogen-bond donors (Lipinski definition) is 0. The number of aryl methyl sites for hydroxylation is 3. The zero-order valence-corrected chi connectivity index (χ0v) is 14.2. The summed E-state index contributed by atoms with van der Waals surface area (Å²) in [5.41, 5.74) is 2.48. The maximum Gasteiger partial charge on any atom is 0.210 e. The van der Waals surface area contributed by atoms with E-state index in [1.807, 2.05) is 19.1 Å². The average molecular weight is 320 g/mol. The van der Waals surface area contributed by atoms with E-state index < -0.39 is 9.84 Å². The van der Waals surface area contributed by atoms with Crippen molar-refractivity contribution in [2.24, 2.45) is 0 Å². The van der Waals surface area contributed by atoms with Gasteiger partial charge in [0.05, 0.1) is 19.1 Å². The highest BCUT2D eigenvalue weighted by atomic mass is 32.2. The van der Waals surface area contributed by atoms with Gasteiger partial charge < -0.3 is 9.47 Å². The molecule has 0 aromatic heterocycles. The molecule has 0 radical (unpaired) electrons. The van der Waals surface area contributed by atoms with Gasteiger partial charge in [0.15, 0.2) is 0 Å². The van der Waals surface area contributed by atoms with Gasteiger partial charge in [0, 0.05) is 6.07 Å². The molecule has 0 N–H and O–H groups in total. The number of ether oxygens (including phenoxy) is 2. The van der Waals surface area contributed by atoms with Gasteiger partial charge >= 0.3 is 0 Å². The summed E-state index contributed by atoms with van der Waals surface area (Å²) in [5.74, 6) is 0.780. The van der Waals surface area contributed by atoms with Gasteiger partial charge in [-0.05, 0) is 44.0 Å². The van der Waals surface area contributed by atoms with Crippen molar-refractivity contribution in [2.75, 3.05) is 14.2 Å². The molecule has 0 aliphatic carbocycles. The standard InChI is InChI=1S/C17H20O4S/c1-11-8-12(2)17(13(3)9-11)22(18,19)16-10-14(20-4)6-7-15(16)21-5/h6-10H,1-5H3. The van der Waals surface area contributed by atoms with Crippen LogP contribution in [-0.4, -0.2) is 22.6 Å². The zero-order chi connectivity index (χ0) is 16.5. The lowest BCUT2D eigenvalue weighted by atomic mass is 10.1. The molecule has 0 saturated carbocycles. The molecule has 0 heterocycles. The number of hydrogen-bond acceptors (Lipinski definition) is 4. The summed E-state index contributed by atoms with van der Waals surface area (Å²) >= 11 is 0. The van der Waals surface area contributed by atoms with E-state index >= 15 is 0 Å². The van der Waals surface area contributed by atoms with Crippen LogP contribution in [0.2, 0.25) is 0 Å². The highest BCUT2D eigenvalue weighted by Gasteiger charge is 2.26. The molecule has 0 spiro atoms. The Labute approximate surface area is 131 Å². The molecule has 2 rings (SSSR count). The number of benzene rings is 2. The van der Waals surface area contributed by atoms with Crippen LogP contribution < -0.4 is 9.47 Å². The molecule has 0 bridgehead atoms. The minimum absolute atomic E-state index is 0.115. The maximum atomic E-state index is 13.1. The van der Waals surface area contributed by atoms with Gasteiger partial charge in [0.1, 0.15) is 16.4 Å². The first-order chi connectivity index (χ1) is 10.3. The summed E-state index contributed by atoms with van der Waals surface area (Å²) in [6.07, 6.45) is 0. The molecule has 0 atom stereocenters. The second-order valence-corrected chi connectivity index (χ2v) is 7.10. The molecule has 4 nitrogen and oxygen atoms in total. The van der Waals surface area contributed by atoms with Gasteiger partial charge in [-0.15, -0.1) is 0 Å². The monoisotopic (exact) mass is 320 g/mol. The van der Waals surface area contributed by atoms with Crippen LogP contribution in [0.4, 0.5) is 0 Å². The second-order valence-electron chi connectivity index (χ2n) is 5.25. The second kappa shape index (κ2) is 6.01. The Kier molecular flexibility index (Phi) is 4.47. The summed E-state index contributed by atoms with van der Waals surface area (Å²) in [4.78, 5) is 0.439. The van der Waals surface area contributed by atoms with E-state index in [0.29, 0.717) is 16.4 Å². The molecule has 2 aromatic carbocycles. The topological polar surface area (TPSA) is 52.6 Å². The summed E-state index contributed by atoms with van der Waals surface area (Å²) < 4.78 is 36.6. The van der Waals surface area contributed by atoms with Gasteiger partial charge in [0.2, 0.25) is 9.84 Å². The van der Waals surface area contributed by atoms with E-state index in [0.717, 1.165) is 16.7 Å². The van der Waals surface area contributed by atoms with Crippen molar-refractivity contribution in [3.8, 4) is 11.5 Å². The predicted molar refractivity (Wildman–Crippen MR) is 85.7 cm³/mol. The van der Waals surface area contributed by atoms with Crippen molar-refractivity contribution in [3.63, 3.8) is 0 Å². The van der Waals surface area contributed by atoms with Crippen molar-refractivity contribution in [1.82, 2.24) is 0 Å². The van der Waals surface area contributed by atoms with E-state index in [9.17, 15) is 8.42 Å².